The number of hydrogen-bond donors (Lipinski definition) is 2. The average Bonchev–Trinajstić information content (AvgIpc) is 3.09. The maximum atomic E-state index is 12.9. The summed E-state index contributed by atoms with van der Waals surface area (Å²) in [5.74, 6) is 2.31. The molecule has 144 valence electrons. The monoisotopic (exact) mass is 360 g/mol. The van der Waals surface area contributed by atoms with Crippen LogP contribution in [-0.2, 0) is 11.2 Å². The Hall–Kier alpha value is -1.75. The van der Waals surface area contributed by atoms with Gasteiger partial charge in [0.25, 0.3) is 0 Å². The highest BCUT2D eigenvalue weighted by atomic mass is 16.5. The maximum absolute atomic E-state index is 12.9. The van der Waals surface area contributed by atoms with E-state index in [1.807, 2.05) is 26.0 Å². The first-order valence-electron chi connectivity index (χ1n) is 10.1. The summed E-state index contributed by atoms with van der Waals surface area (Å²) < 4.78 is 11.3. The van der Waals surface area contributed by atoms with Crippen molar-refractivity contribution in [3.05, 3.63) is 23.8 Å². The molecule has 26 heavy (non-hydrogen) atoms. The Morgan fingerprint density at radius 2 is 2.04 bits per heavy atom. The van der Waals surface area contributed by atoms with Gasteiger partial charge in [0.05, 0.1) is 18.6 Å². The van der Waals surface area contributed by atoms with Crippen molar-refractivity contribution >= 4 is 5.91 Å². The molecule has 3 rings (SSSR count). The Bertz CT molecular complexity index is 619. The maximum Gasteiger partial charge on any atom is 0.227 e. The van der Waals surface area contributed by atoms with Crippen molar-refractivity contribution in [3.8, 4) is 11.5 Å². The van der Waals surface area contributed by atoms with Crippen LogP contribution in [0.3, 0.4) is 0 Å². The summed E-state index contributed by atoms with van der Waals surface area (Å²) >= 11 is 0. The molecule has 1 saturated heterocycles. The van der Waals surface area contributed by atoms with Gasteiger partial charge >= 0.3 is 0 Å². The van der Waals surface area contributed by atoms with Crippen LogP contribution in [0.25, 0.3) is 0 Å². The first-order valence-corrected chi connectivity index (χ1v) is 10.1. The van der Waals surface area contributed by atoms with E-state index in [0.717, 1.165) is 43.0 Å². The molecule has 0 aromatic heterocycles. The Morgan fingerprint density at radius 1 is 1.23 bits per heavy atom. The van der Waals surface area contributed by atoms with Gasteiger partial charge in [0, 0.05) is 13.1 Å². The molecular formula is C21H32N2O3. The molecule has 5 nitrogen and oxygen atoms in total. The van der Waals surface area contributed by atoms with Crippen molar-refractivity contribution in [1.29, 1.82) is 0 Å². The number of hydrogen-bond acceptors (Lipinski definition) is 4. The fraction of sp³-hybridized carbons (Fsp3) is 0.667. The Labute approximate surface area is 156 Å². The van der Waals surface area contributed by atoms with E-state index >= 15 is 0 Å². The number of rotatable bonds is 8. The molecule has 1 aliphatic heterocycles. The summed E-state index contributed by atoms with van der Waals surface area (Å²) in [4.78, 5) is 12.9. The van der Waals surface area contributed by atoms with Crippen LogP contribution in [0, 0.1) is 11.3 Å². The molecule has 0 unspecified atom stereocenters. The van der Waals surface area contributed by atoms with Gasteiger partial charge in [-0.3, -0.25) is 4.79 Å². The largest absolute Gasteiger partial charge is 0.490 e. The Kier molecular flexibility index (Phi) is 6.41. The van der Waals surface area contributed by atoms with Crippen LogP contribution in [0.4, 0.5) is 0 Å². The third-order valence-corrected chi connectivity index (χ3v) is 5.80. The van der Waals surface area contributed by atoms with Gasteiger partial charge in [-0.2, -0.15) is 0 Å². The number of benzene rings is 1. The molecule has 1 saturated carbocycles. The molecule has 0 bridgehead atoms. The molecule has 0 radical (unpaired) electrons. The minimum atomic E-state index is -0.173. The van der Waals surface area contributed by atoms with E-state index in [-0.39, 0.29) is 11.3 Å². The van der Waals surface area contributed by atoms with Gasteiger partial charge in [-0.05, 0) is 63.3 Å². The summed E-state index contributed by atoms with van der Waals surface area (Å²) in [6, 6.07) is 6.04. The van der Waals surface area contributed by atoms with Gasteiger partial charge in [-0.1, -0.05) is 18.9 Å². The van der Waals surface area contributed by atoms with Crippen molar-refractivity contribution in [3.63, 3.8) is 0 Å². The van der Waals surface area contributed by atoms with Crippen LogP contribution in [-0.4, -0.2) is 38.8 Å². The number of amides is 1. The van der Waals surface area contributed by atoms with Crippen molar-refractivity contribution in [1.82, 2.24) is 10.6 Å². The van der Waals surface area contributed by atoms with Crippen LogP contribution in [0.1, 0.15) is 45.1 Å². The molecule has 1 amide bonds. The first-order chi connectivity index (χ1) is 12.7. The topological polar surface area (TPSA) is 59.6 Å². The minimum absolute atomic E-state index is 0.173. The van der Waals surface area contributed by atoms with E-state index in [1.165, 1.54) is 19.3 Å². The summed E-state index contributed by atoms with van der Waals surface area (Å²) in [6.07, 6.45) is 5.42. The summed E-state index contributed by atoms with van der Waals surface area (Å²) in [6.45, 7) is 7.65. The number of carbonyl (C=O) groups is 1. The van der Waals surface area contributed by atoms with E-state index in [1.54, 1.807) is 0 Å². The van der Waals surface area contributed by atoms with Crippen LogP contribution < -0.4 is 20.1 Å². The van der Waals surface area contributed by atoms with Gasteiger partial charge in [0.1, 0.15) is 0 Å². The van der Waals surface area contributed by atoms with Gasteiger partial charge in [0.2, 0.25) is 5.91 Å². The second-order valence-corrected chi connectivity index (χ2v) is 7.38. The molecule has 1 aliphatic carbocycles. The highest BCUT2D eigenvalue weighted by molar-refractivity contribution is 5.83. The van der Waals surface area contributed by atoms with Gasteiger partial charge < -0.3 is 20.1 Å². The highest BCUT2D eigenvalue weighted by Crippen LogP contribution is 2.43. The molecule has 1 aromatic carbocycles. The predicted octanol–water partition coefficient (Wildman–Crippen LogP) is 2.92. The SMILES string of the molecule is CCOc1ccc(CCNC(=O)[C@@]23CCCC[C@H]2CNC3)cc1OCC. The summed E-state index contributed by atoms with van der Waals surface area (Å²) in [5.41, 5.74) is 0.979. The van der Waals surface area contributed by atoms with E-state index in [0.29, 0.717) is 25.7 Å². The minimum Gasteiger partial charge on any atom is -0.490 e. The van der Waals surface area contributed by atoms with Crippen molar-refractivity contribution in [2.75, 3.05) is 32.8 Å². The molecule has 2 atom stereocenters. The average molecular weight is 360 g/mol. The molecule has 5 heteroatoms. The third kappa shape index (κ3) is 3.98. The zero-order valence-electron chi connectivity index (χ0n) is 16.1. The van der Waals surface area contributed by atoms with Gasteiger partial charge in [0.15, 0.2) is 11.5 Å². The second-order valence-electron chi connectivity index (χ2n) is 7.38. The van der Waals surface area contributed by atoms with E-state index in [9.17, 15) is 4.79 Å². The van der Waals surface area contributed by atoms with E-state index in [4.69, 9.17) is 9.47 Å². The number of carbonyl (C=O) groups excluding carboxylic acids is 1. The lowest BCUT2D eigenvalue weighted by atomic mass is 9.67. The first kappa shape index (κ1) is 19.0. The van der Waals surface area contributed by atoms with Crippen LogP contribution in [0.2, 0.25) is 0 Å². The zero-order chi connectivity index (χ0) is 18.4. The lowest BCUT2D eigenvalue weighted by Gasteiger charge is -2.37. The Morgan fingerprint density at radius 3 is 2.85 bits per heavy atom. The lowest BCUT2D eigenvalue weighted by Crippen LogP contribution is -2.48. The van der Waals surface area contributed by atoms with Crippen LogP contribution >= 0.6 is 0 Å². The van der Waals surface area contributed by atoms with Crippen molar-refractivity contribution in [2.24, 2.45) is 11.3 Å². The van der Waals surface area contributed by atoms with Gasteiger partial charge in [-0.25, -0.2) is 0 Å². The number of fused-ring (bicyclic) bond motifs is 1. The van der Waals surface area contributed by atoms with Crippen molar-refractivity contribution < 1.29 is 14.3 Å². The fourth-order valence-electron chi connectivity index (χ4n) is 4.44. The number of nitrogens with one attached hydrogen (secondary N) is 2. The zero-order valence-corrected chi connectivity index (χ0v) is 16.1. The summed E-state index contributed by atoms with van der Waals surface area (Å²) in [7, 11) is 0. The highest BCUT2D eigenvalue weighted by Gasteiger charge is 2.49. The van der Waals surface area contributed by atoms with E-state index in [2.05, 4.69) is 16.7 Å². The molecule has 1 heterocycles. The Balaban J connectivity index is 1.57. The lowest BCUT2D eigenvalue weighted by molar-refractivity contribution is -0.133. The van der Waals surface area contributed by atoms with Crippen LogP contribution in [0.15, 0.2) is 18.2 Å². The molecular weight excluding hydrogens is 328 g/mol. The predicted molar refractivity (Wildman–Crippen MR) is 103 cm³/mol. The second kappa shape index (κ2) is 8.76. The fourth-order valence-corrected chi connectivity index (χ4v) is 4.44. The summed E-state index contributed by atoms with van der Waals surface area (Å²) in [5, 5.41) is 6.65. The van der Waals surface area contributed by atoms with Crippen molar-refractivity contribution in [2.45, 2.75) is 46.0 Å². The molecule has 0 spiro atoms. The quantitative estimate of drug-likeness (QED) is 0.748. The van der Waals surface area contributed by atoms with E-state index < -0.39 is 0 Å². The normalized spacial score (nSPS) is 24.8. The van der Waals surface area contributed by atoms with Gasteiger partial charge in [-0.15, -0.1) is 0 Å². The molecule has 2 fully saturated rings. The van der Waals surface area contributed by atoms with Crippen LogP contribution in [0.5, 0.6) is 11.5 Å². The smallest absolute Gasteiger partial charge is 0.227 e. The molecule has 2 aliphatic rings. The number of ether oxygens (including phenoxy) is 2. The molecule has 1 aromatic rings. The standard InChI is InChI=1S/C21H32N2O3/c1-3-25-18-9-8-16(13-19(18)26-4-2)10-12-23-20(24)21-11-6-5-7-17(21)14-22-15-21/h8-9,13,17,22H,3-7,10-12,14-15H2,1-2H3,(H,23,24)/t17-,21+/m0/s1. The molecule has 2 N–H and O–H groups in total. The third-order valence-electron chi connectivity index (χ3n) is 5.80.